The number of nitrogens with zero attached hydrogens (tertiary/aromatic N) is 3. The first kappa shape index (κ1) is 24.6. The standard InChI is InChI=1S/C29H32F3N3O/c1-18(2)35-12-13-36-29-26(32)16-21(17-27(29)35)28-24(30)7-5-22(33-28)14-19-4-6-23(25(31)15-19)20-8-10-34(3)11-9-20/h4-7,15-18,20H,8-14H2,1-3H3. The Balaban J connectivity index is 1.41. The van der Waals surface area contributed by atoms with Crippen molar-refractivity contribution in [1.29, 1.82) is 0 Å². The predicted octanol–water partition coefficient (Wildman–Crippen LogP) is 6.17. The molecule has 3 aromatic rings. The molecule has 0 spiro atoms. The number of aromatic nitrogens is 1. The largest absolute Gasteiger partial charge is 0.486 e. The highest BCUT2D eigenvalue weighted by molar-refractivity contribution is 5.72. The molecule has 190 valence electrons. The van der Waals surface area contributed by atoms with Gasteiger partial charge in [-0.3, -0.25) is 0 Å². The molecular formula is C29H32F3N3O. The highest BCUT2D eigenvalue weighted by Gasteiger charge is 2.26. The average Bonchev–Trinajstić information content (AvgIpc) is 2.85. The second-order valence-corrected chi connectivity index (χ2v) is 10.2. The normalized spacial score (nSPS) is 16.8. The summed E-state index contributed by atoms with van der Waals surface area (Å²) in [6.45, 7) is 7.02. The van der Waals surface area contributed by atoms with E-state index in [1.807, 2.05) is 30.9 Å². The molecule has 0 unspecified atom stereocenters. The number of rotatable bonds is 5. The Morgan fingerprint density at radius 1 is 0.944 bits per heavy atom. The van der Waals surface area contributed by atoms with Crippen LogP contribution < -0.4 is 9.64 Å². The fourth-order valence-electron chi connectivity index (χ4n) is 5.30. The smallest absolute Gasteiger partial charge is 0.178 e. The van der Waals surface area contributed by atoms with E-state index in [9.17, 15) is 13.2 Å². The van der Waals surface area contributed by atoms with Gasteiger partial charge in [0.15, 0.2) is 11.6 Å². The number of hydrogen-bond donors (Lipinski definition) is 0. The maximum Gasteiger partial charge on any atom is 0.178 e. The van der Waals surface area contributed by atoms with E-state index >= 15 is 0 Å². The van der Waals surface area contributed by atoms with Gasteiger partial charge in [0.1, 0.15) is 23.9 Å². The molecule has 1 aromatic heterocycles. The number of ether oxygens (including phenoxy) is 1. The van der Waals surface area contributed by atoms with Crippen LogP contribution in [0.15, 0.2) is 42.5 Å². The summed E-state index contributed by atoms with van der Waals surface area (Å²) >= 11 is 0. The molecule has 1 fully saturated rings. The zero-order valence-electron chi connectivity index (χ0n) is 21.0. The summed E-state index contributed by atoms with van der Waals surface area (Å²) in [6.07, 6.45) is 2.26. The molecule has 5 rings (SSSR count). The van der Waals surface area contributed by atoms with Crippen molar-refractivity contribution in [2.75, 3.05) is 38.2 Å². The van der Waals surface area contributed by atoms with E-state index in [4.69, 9.17) is 4.74 Å². The number of halogens is 3. The van der Waals surface area contributed by atoms with Crippen LogP contribution >= 0.6 is 0 Å². The number of benzene rings is 2. The van der Waals surface area contributed by atoms with Crippen LogP contribution in [0.3, 0.4) is 0 Å². The van der Waals surface area contributed by atoms with Gasteiger partial charge in [-0.15, -0.1) is 0 Å². The van der Waals surface area contributed by atoms with Crippen molar-refractivity contribution >= 4 is 5.69 Å². The monoisotopic (exact) mass is 495 g/mol. The summed E-state index contributed by atoms with van der Waals surface area (Å²) in [6, 6.07) is 11.5. The van der Waals surface area contributed by atoms with E-state index < -0.39 is 11.6 Å². The third-order valence-corrected chi connectivity index (χ3v) is 7.32. The number of likely N-dealkylation sites (tertiary alicyclic amines) is 1. The Kier molecular flexibility index (Phi) is 6.93. The second kappa shape index (κ2) is 10.1. The molecule has 4 nitrogen and oxygen atoms in total. The number of fused-ring (bicyclic) bond motifs is 1. The minimum absolute atomic E-state index is 0.0758. The van der Waals surface area contributed by atoms with Crippen LogP contribution in [0.25, 0.3) is 11.3 Å². The minimum Gasteiger partial charge on any atom is -0.486 e. The first-order valence-corrected chi connectivity index (χ1v) is 12.7. The summed E-state index contributed by atoms with van der Waals surface area (Å²) in [4.78, 5) is 8.83. The van der Waals surface area contributed by atoms with E-state index in [0.29, 0.717) is 36.5 Å². The van der Waals surface area contributed by atoms with Gasteiger partial charge >= 0.3 is 0 Å². The van der Waals surface area contributed by atoms with E-state index in [0.717, 1.165) is 37.1 Å². The zero-order valence-corrected chi connectivity index (χ0v) is 21.0. The third-order valence-electron chi connectivity index (χ3n) is 7.32. The quantitative estimate of drug-likeness (QED) is 0.423. The number of pyridine rings is 1. The molecule has 0 N–H and O–H groups in total. The Bertz CT molecular complexity index is 1250. The molecule has 2 aliphatic heterocycles. The molecule has 1 saturated heterocycles. The number of hydrogen-bond acceptors (Lipinski definition) is 4. The highest BCUT2D eigenvalue weighted by atomic mass is 19.1. The summed E-state index contributed by atoms with van der Waals surface area (Å²) in [7, 11) is 2.09. The lowest BCUT2D eigenvalue weighted by Crippen LogP contribution is -2.38. The molecule has 0 atom stereocenters. The van der Waals surface area contributed by atoms with Crippen LogP contribution in [0, 0.1) is 17.5 Å². The van der Waals surface area contributed by atoms with E-state index in [2.05, 4.69) is 16.9 Å². The molecule has 2 aromatic carbocycles. The van der Waals surface area contributed by atoms with Crippen molar-refractivity contribution in [1.82, 2.24) is 9.88 Å². The minimum atomic E-state index is -0.536. The maximum atomic E-state index is 15.0. The van der Waals surface area contributed by atoms with E-state index in [1.165, 1.54) is 12.1 Å². The van der Waals surface area contributed by atoms with Gasteiger partial charge in [-0.25, -0.2) is 18.2 Å². The van der Waals surface area contributed by atoms with Gasteiger partial charge in [-0.1, -0.05) is 12.1 Å². The number of anilines is 1. The molecule has 0 saturated carbocycles. The fraction of sp³-hybridized carbons (Fsp3) is 0.414. The lowest BCUT2D eigenvalue weighted by Gasteiger charge is -2.34. The maximum absolute atomic E-state index is 15.0. The van der Waals surface area contributed by atoms with Crippen molar-refractivity contribution in [3.8, 4) is 17.0 Å². The van der Waals surface area contributed by atoms with Crippen molar-refractivity contribution in [2.45, 2.75) is 45.1 Å². The summed E-state index contributed by atoms with van der Waals surface area (Å²) in [5, 5.41) is 0. The average molecular weight is 496 g/mol. The predicted molar refractivity (Wildman–Crippen MR) is 136 cm³/mol. The molecular weight excluding hydrogens is 463 g/mol. The first-order chi connectivity index (χ1) is 17.3. The molecule has 0 bridgehead atoms. The van der Waals surface area contributed by atoms with Crippen LogP contribution in [-0.4, -0.2) is 49.2 Å². The molecule has 0 aliphatic carbocycles. The van der Waals surface area contributed by atoms with Crippen molar-refractivity contribution in [2.24, 2.45) is 0 Å². The van der Waals surface area contributed by atoms with Gasteiger partial charge in [0.05, 0.1) is 12.2 Å². The molecule has 0 radical (unpaired) electrons. The molecule has 36 heavy (non-hydrogen) atoms. The topological polar surface area (TPSA) is 28.6 Å². The highest BCUT2D eigenvalue weighted by Crippen LogP contribution is 2.39. The Morgan fingerprint density at radius 2 is 1.72 bits per heavy atom. The lowest BCUT2D eigenvalue weighted by atomic mass is 9.88. The van der Waals surface area contributed by atoms with Gasteiger partial charge in [0.25, 0.3) is 0 Å². The Labute approximate surface area is 210 Å². The SMILES string of the molecule is CC(C)N1CCOc2c(F)cc(-c3nc(Cc4ccc(C5CCN(C)CC5)c(F)c4)ccc3F)cc21. The van der Waals surface area contributed by atoms with Crippen molar-refractivity contribution < 1.29 is 17.9 Å². The molecule has 7 heteroatoms. The lowest BCUT2D eigenvalue weighted by molar-refractivity contribution is 0.253. The van der Waals surface area contributed by atoms with Crippen molar-refractivity contribution in [3.63, 3.8) is 0 Å². The molecule has 0 amide bonds. The van der Waals surface area contributed by atoms with Crippen LogP contribution in [0.5, 0.6) is 5.75 Å². The second-order valence-electron chi connectivity index (χ2n) is 10.2. The van der Waals surface area contributed by atoms with Gasteiger partial charge < -0.3 is 14.5 Å². The summed E-state index contributed by atoms with van der Waals surface area (Å²) in [5.74, 6) is -0.842. The van der Waals surface area contributed by atoms with Crippen LogP contribution in [0.4, 0.5) is 18.9 Å². The number of piperidine rings is 1. The molecule has 3 heterocycles. The molecule has 2 aliphatic rings. The van der Waals surface area contributed by atoms with Crippen LogP contribution in [0.2, 0.25) is 0 Å². The van der Waals surface area contributed by atoms with Gasteiger partial charge in [0.2, 0.25) is 0 Å². The van der Waals surface area contributed by atoms with E-state index in [-0.39, 0.29) is 29.2 Å². The van der Waals surface area contributed by atoms with Crippen molar-refractivity contribution in [3.05, 3.63) is 76.7 Å². The Morgan fingerprint density at radius 3 is 2.44 bits per heavy atom. The summed E-state index contributed by atoms with van der Waals surface area (Å²) < 4.78 is 50.4. The fourth-order valence-corrected chi connectivity index (χ4v) is 5.30. The first-order valence-electron chi connectivity index (χ1n) is 12.7. The van der Waals surface area contributed by atoms with Crippen LogP contribution in [-0.2, 0) is 6.42 Å². The third kappa shape index (κ3) is 4.94. The van der Waals surface area contributed by atoms with Gasteiger partial charge in [-0.05, 0) is 94.2 Å². The zero-order chi connectivity index (χ0) is 25.4. The van der Waals surface area contributed by atoms with Crippen LogP contribution in [0.1, 0.15) is 49.4 Å². The van der Waals surface area contributed by atoms with Gasteiger partial charge in [0, 0.05) is 23.7 Å². The van der Waals surface area contributed by atoms with Gasteiger partial charge in [-0.2, -0.15) is 0 Å². The van der Waals surface area contributed by atoms with E-state index in [1.54, 1.807) is 18.2 Å². The Hall–Kier alpha value is -3.06. The summed E-state index contributed by atoms with van der Waals surface area (Å²) in [5.41, 5.74) is 3.15.